The molecule has 1 heterocycles. The van der Waals surface area contributed by atoms with Crippen molar-refractivity contribution >= 4 is 59.2 Å². The first kappa shape index (κ1) is 36.7. The second kappa shape index (κ2) is 15.0. The molecule has 4 rings (SSSR count). The standard InChI is InChI=1S/C37H46ClN3O6Si/c1-8-28(34(43)44)32(41-33(42)30-22-24-21-25(38)19-20-29(24)39-30)31(40-35(45)47-36(2,3)4)23-46-48(37(5,6)7,26-15-11-9-12-16-26)27-17-13-10-14-18-27/h9-22,28,31-32,39H,8,23H2,1-7H3,(H,40,45)(H,41,42)(H,43,44)/t28?,31-,32-/m1/s1. The molecular weight excluding hydrogens is 646 g/mol. The molecule has 1 unspecified atom stereocenters. The van der Waals surface area contributed by atoms with E-state index in [0.29, 0.717) is 10.5 Å². The summed E-state index contributed by atoms with van der Waals surface area (Å²) in [7, 11) is -3.13. The van der Waals surface area contributed by atoms with Crippen LogP contribution in [0.5, 0.6) is 0 Å². The molecule has 256 valence electrons. The number of aliphatic carboxylic acids is 1. The van der Waals surface area contributed by atoms with Gasteiger partial charge < -0.3 is 29.9 Å². The number of halogens is 1. The summed E-state index contributed by atoms with van der Waals surface area (Å²) in [6, 6.07) is 24.8. The van der Waals surface area contributed by atoms with Crippen LogP contribution in [0.15, 0.2) is 84.9 Å². The molecule has 0 radical (unpaired) electrons. The van der Waals surface area contributed by atoms with E-state index in [1.807, 2.05) is 60.7 Å². The summed E-state index contributed by atoms with van der Waals surface area (Å²) in [5.41, 5.74) is 0.0979. The topological polar surface area (TPSA) is 130 Å². The molecule has 0 aliphatic rings. The van der Waals surface area contributed by atoms with Crippen LogP contribution in [0.3, 0.4) is 0 Å². The summed E-state index contributed by atoms with van der Waals surface area (Å²) in [5, 5.41) is 19.1. The fourth-order valence-corrected chi connectivity index (χ4v) is 11.0. The van der Waals surface area contributed by atoms with Gasteiger partial charge in [-0.05, 0) is 66.9 Å². The Balaban J connectivity index is 1.81. The Bertz CT molecular complexity index is 1680. The van der Waals surface area contributed by atoms with Gasteiger partial charge in [-0.25, -0.2) is 4.79 Å². The highest BCUT2D eigenvalue weighted by atomic mass is 35.5. The van der Waals surface area contributed by atoms with Crippen LogP contribution < -0.4 is 21.0 Å². The summed E-state index contributed by atoms with van der Waals surface area (Å²) in [5.74, 6) is -2.73. The maximum Gasteiger partial charge on any atom is 0.408 e. The highest BCUT2D eigenvalue weighted by Gasteiger charge is 2.51. The van der Waals surface area contributed by atoms with Gasteiger partial charge in [0.05, 0.1) is 24.6 Å². The number of carboxylic acid groups (broad SMARTS) is 1. The second-order valence-electron chi connectivity index (χ2n) is 14.0. The molecule has 0 aliphatic carbocycles. The van der Waals surface area contributed by atoms with Crippen LogP contribution in [0.1, 0.15) is 65.4 Å². The van der Waals surface area contributed by atoms with Gasteiger partial charge >= 0.3 is 12.1 Å². The van der Waals surface area contributed by atoms with Crippen molar-refractivity contribution in [2.24, 2.45) is 5.92 Å². The van der Waals surface area contributed by atoms with Crippen molar-refractivity contribution in [2.75, 3.05) is 6.61 Å². The Hall–Kier alpha value is -4.12. The number of hydrogen-bond donors (Lipinski definition) is 4. The number of aromatic amines is 1. The van der Waals surface area contributed by atoms with Crippen LogP contribution in [0, 0.1) is 5.92 Å². The number of amides is 2. The number of nitrogens with one attached hydrogen (secondary N) is 3. The first-order valence-electron chi connectivity index (χ1n) is 16.1. The summed E-state index contributed by atoms with van der Waals surface area (Å²) >= 11 is 6.17. The van der Waals surface area contributed by atoms with E-state index < -0.39 is 54.9 Å². The highest BCUT2D eigenvalue weighted by molar-refractivity contribution is 6.99. The lowest BCUT2D eigenvalue weighted by atomic mass is 9.91. The quantitative estimate of drug-likeness (QED) is 0.126. The normalized spacial score (nSPS) is 14.2. The molecular formula is C37H46ClN3O6Si. The monoisotopic (exact) mass is 691 g/mol. The Labute approximate surface area is 288 Å². The number of carboxylic acids is 1. The van der Waals surface area contributed by atoms with Gasteiger partial charge in [-0.15, -0.1) is 0 Å². The van der Waals surface area contributed by atoms with Crippen molar-refractivity contribution in [3.8, 4) is 0 Å². The minimum absolute atomic E-state index is 0.108. The van der Waals surface area contributed by atoms with E-state index >= 15 is 0 Å². The first-order chi connectivity index (χ1) is 22.6. The molecule has 3 aromatic carbocycles. The third-order valence-electron chi connectivity index (χ3n) is 8.35. The molecule has 1 aromatic heterocycles. The van der Waals surface area contributed by atoms with Gasteiger partial charge in [0.1, 0.15) is 11.3 Å². The molecule has 0 fully saturated rings. The van der Waals surface area contributed by atoms with Gasteiger partial charge in [0.2, 0.25) is 0 Å². The van der Waals surface area contributed by atoms with Crippen LogP contribution in [0.4, 0.5) is 4.79 Å². The Morgan fingerprint density at radius 3 is 1.96 bits per heavy atom. The summed E-state index contributed by atoms with van der Waals surface area (Å²) < 4.78 is 12.8. The third-order valence-corrected chi connectivity index (χ3v) is 13.6. The molecule has 9 nitrogen and oxygen atoms in total. The zero-order chi connectivity index (χ0) is 35.3. The molecule has 0 saturated heterocycles. The van der Waals surface area contributed by atoms with E-state index in [1.165, 1.54) is 0 Å². The van der Waals surface area contributed by atoms with Crippen molar-refractivity contribution in [1.82, 2.24) is 15.6 Å². The van der Waals surface area contributed by atoms with Gasteiger partial charge in [0.15, 0.2) is 0 Å². The highest BCUT2D eigenvalue weighted by Crippen LogP contribution is 2.37. The zero-order valence-corrected chi connectivity index (χ0v) is 30.4. The zero-order valence-electron chi connectivity index (χ0n) is 28.6. The minimum atomic E-state index is -3.13. The number of ether oxygens (including phenoxy) is 1. The van der Waals surface area contributed by atoms with E-state index in [0.717, 1.165) is 15.8 Å². The third kappa shape index (κ3) is 8.47. The van der Waals surface area contributed by atoms with Gasteiger partial charge in [-0.1, -0.05) is 100.0 Å². The van der Waals surface area contributed by atoms with Crippen LogP contribution in [-0.4, -0.2) is 60.7 Å². The Morgan fingerprint density at radius 2 is 1.46 bits per heavy atom. The van der Waals surface area contributed by atoms with Gasteiger partial charge in [0.25, 0.3) is 14.2 Å². The van der Waals surface area contributed by atoms with Crippen LogP contribution >= 0.6 is 11.6 Å². The number of benzene rings is 3. The SMILES string of the molecule is CCC(C(=O)O)[C@@H](NC(=O)c1cc2cc(Cl)ccc2[nH]1)[C@@H](CO[Si](c1ccccc1)(c1ccccc1)C(C)(C)C)NC(=O)OC(C)(C)C. The average Bonchev–Trinajstić information content (AvgIpc) is 3.43. The molecule has 2 amide bonds. The predicted octanol–water partition coefficient (Wildman–Crippen LogP) is 6.50. The van der Waals surface area contributed by atoms with Gasteiger partial charge in [-0.3, -0.25) is 9.59 Å². The molecule has 11 heteroatoms. The van der Waals surface area contributed by atoms with Crippen molar-refractivity contribution < 1.29 is 28.7 Å². The lowest BCUT2D eigenvalue weighted by Gasteiger charge is -2.44. The number of alkyl carbamates (subject to hydrolysis) is 1. The smallest absolute Gasteiger partial charge is 0.408 e. The molecule has 4 N–H and O–H groups in total. The average molecular weight is 692 g/mol. The van der Waals surface area contributed by atoms with Crippen LogP contribution in [0.25, 0.3) is 10.9 Å². The molecule has 0 bridgehead atoms. The van der Waals surface area contributed by atoms with Crippen LogP contribution in [-0.2, 0) is 14.0 Å². The number of carbonyl (C=O) groups excluding carboxylic acids is 2. The first-order valence-corrected chi connectivity index (χ1v) is 18.4. The molecule has 4 aromatic rings. The van der Waals surface area contributed by atoms with Crippen molar-refractivity contribution in [1.29, 1.82) is 0 Å². The number of H-pyrrole nitrogens is 1. The number of aromatic nitrogens is 1. The predicted molar refractivity (Wildman–Crippen MR) is 193 cm³/mol. The van der Waals surface area contributed by atoms with Gasteiger partial charge in [0, 0.05) is 15.9 Å². The summed E-state index contributed by atoms with van der Waals surface area (Å²) in [4.78, 5) is 43.0. The lowest BCUT2D eigenvalue weighted by molar-refractivity contribution is -0.143. The van der Waals surface area contributed by atoms with Crippen molar-refractivity contribution in [2.45, 2.75) is 77.6 Å². The fourth-order valence-electron chi connectivity index (χ4n) is 6.19. The molecule has 0 spiro atoms. The number of carbonyl (C=O) groups is 3. The molecule has 3 atom stereocenters. The van der Waals surface area contributed by atoms with E-state index in [-0.39, 0.29) is 18.7 Å². The summed E-state index contributed by atoms with van der Waals surface area (Å²) in [6.45, 7) is 13.2. The lowest BCUT2D eigenvalue weighted by Crippen LogP contribution is -2.68. The molecule has 48 heavy (non-hydrogen) atoms. The fraction of sp³-hybridized carbons (Fsp3) is 0.378. The van der Waals surface area contributed by atoms with E-state index in [1.54, 1.807) is 52.0 Å². The van der Waals surface area contributed by atoms with E-state index in [9.17, 15) is 19.5 Å². The van der Waals surface area contributed by atoms with E-state index in [2.05, 4.69) is 36.4 Å². The van der Waals surface area contributed by atoms with E-state index in [4.69, 9.17) is 20.8 Å². The van der Waals surface area contributed by atoms with Gasteiger partial charge in [-0.2, -0.15) is 0 Å². The Morgan fingerprint density at radius 1 is 0.875 bits per heavy atom. The molecule has 0 saturated carbocycles. The van der Waals surface area contributed by atoms with Crippen molar-refractivity contribution in [3.63, 3.8) is 0 Å². The molecule has 0 aliphatic heterocycles. The maximum absolute atomic E-state index is 13.8. The van der Waals surface area contributed by atoms with Crippen LogP contribution in [0.2, 0.25) is 10.1 Å². The van der Waals surface area contributed by atoms with Crippen molar-refractivity contribution in [3.05, 3.63) is 95.6 Å². The Kier molecular flexibility index (Phi) is 11.4. The largest absolute Gasteiger partial charge is 0.481 e. The number of rotatable bonds is 12. The second-order valence-corrected chi connectivity index (χ2v) is 18.7. The number of fused-ring (bicyclic) bond motifs is 1. The number of hydrogen-bond acceptors (Lipinski definition) is 5. The maximum atomic E-state index is 13.8. The minimum Gasteiger partial charge on any atom is -0.481 e. The summed E-state index contributed by atoms with van der Waals surface area (Å²) in [6.07, 6.45) is -0.577.